The Morgan fingerprint density at radius 3 is 2.42 bits per heavy atom. The van der Waals surface area contributed by atoms with Crippen LogP contribution in [-0.2, 0) is 4.79 Å². The number of aromatic nitrogens is 3. The van der Waals surface area contributed by atoms with Crippen molar-refractivity contribution >= 4 is 11.7 Å². The second-order valence-electron chi connectivity index (χ2n) is 7.49. The van der Waals surface area contributed by atoms with Gasteiger partial charge in [0.05, 0.1) is 7.11 Å². The Balaban J connectivity index is 1.54. The summed E-state index contributed by atoms with van der Waals surface area (Å²) >= 11 is 0. The molecule has 1 amide bonds. The van der Waals surface area contributed by atoms with Crippen LogP contribution in [-0.4, -0.2) is 33.9 Å². The number of nitrogens with zero attached hydrogens (tertiary/aromatic N) is 3. The van der Waals surface area contributed by atoms with Crippen LogP contribution in [0, 0.1) is 5.92 Å². The predicted octanol–water partition coefficient (Wildman–Crippen LogP) is 4.01. The van der Waals surface area contributed by atoms with E-state index < -0.39 is 6.04 Å². The lowest BCUT2D eigenvalue weighted by molar-refractivity contribution is -0.122. The molecule has 2 heterocycles. The summed E-state index contributed by atoms with van der Waals surface area (Å²) < 4.78 is 10.5. The lowest BCUT2D eigenvalue weighted by Gasteiger charge is -2.18. The van der Waals surface area contributed by atoms with Gasteiger partial charge in [-0.1, -0.05) is 19.0 Å². The highest BCUT2D eigenvalue weighted by Gasteiger charge is 2.24. The molecule has 3 aromatic rings. The van der Waals surface area contributed by atoms with Crippen molar-refractivity contribution in [2.75, 3.05) is 7.11 Å². The van der Waals surface area contributed by atoms with Crippen LogP contribution in [0.1, 0.15) is 55.4 Å². The van der Waals surface area contributed by atoms with E-state index in [1.165, 1.54) is 0 Å². The topological polar surface area (TPSA) is 107 Å². The quantitative estimate of drug-likeness (QED) is 0.492. The highest BCUT2D eigenvalue weighted by atomic mass is 16.5. The molecule has 0 fully saturated rings. The van der Waals surface area contributed by atoms with Crippen molar-refractivity contribution in [2.24, 2.45) is 5.92 Å². The van der Waals surface area contributed by atoms with Crippen LogP contribution in [0.4, 0.5) is 0 Å². The zero-order valence-corrected chi connectivity index (χ0v) is 17.9. The van der Waals surface area contributed by atoms with Crippen molar-refractivity contribution in [3.8, 4) is 17.1 Å². The fourth-order valence-corrected chi connectivity index (χ4v) is 3.07. The molecule has 0 aliphatic rings. The molecule has 1 unspecified atom stereocenters. The molecule has 0 aliphatic carbocycles. The third-order valence-electron chi connectivity index (χ3n) is 4.85. The zero-order chi connectivity index (χ0) is 22.2. The van der Waals surface area contributed by atoms with Gasteiger partial charge >= 0.3 is 0 Å². The SMILES string of the molecule is COc1ccc(C(=O)CCCC(=O)NC(c2nc(-c3ccncc3)no2)C(C)C)cc1. The van der Waals surface area contributed by atoms with Gasteiger partial charge in [-0.3, -0.25) is 14.6 Å². The van der Waals surface area contributed by atoms with Crippen LogP contribution < -0.4 is 10.1 Å². The number of carbonyl (C=O) groups excluding carboxylic acids is 2. The summed E-state index contributed by atoms with van der Waals surface area (Å²) in [6.07, 6.45) is 4.28. The average molecular weight is 422 g/mol. The Morgan fingerprint density at radius 1 is 1.06 bits per heavy atom. The molecule has 31 heavy (non-hydrogen) atoms. The monoisotopic (exact) mass is 422 g/mol. The highest BCUT2D eigenvalue weighted by Crippen LogP contribution is 2.23. The van der Waals surface area contributed by atoms with Gasteiger partial charge < -0.3 is 14.6 Å². The summed E-state index contributed by atoms with van der Waals surface area (Å²) in [4.78, 5) is 33.2. The molecule has 8 nitrogen and oxygen atoms in total. The van der Waals surface area contributed by atoms with E-state index in [1.54, 1.807) is 55.9 Å². The number of methoxy groups -OCH3 is 1. The molecule has 8 heteroatoms. The number of ether oxygens (including phenoxy) is 1. The second kappa shape index (κ2) is 10.5. The number of amides is 1. The smallest absolute Gasteiger partial charge is 0.249 e. The van der Waals surface area contributed by atoms with Crippen LogP contribution in [0.3, 0.4) is 0 Å². The minimum atomic E-state index is -0.409. The van der Waals surface area contributed by atoms with E-state index >= 15 is 0 Å². The third kappa shape index (κ3) is 5.97. The van der Waals surface area contributed by atoms with Gasteiger partial charge in [-0.05, 0) is 48.7 Å². The molecule has 0 bridgehead atoms. The Morgan fingerprint density at radius 2 is 1.77 bits per heavy atom. The van der Waals surface area contributed by atoms with Gasteiger partial charge in [0.2, 0.25) is 17.6 Å². The molecule has 3 rings (SSSR count). The number of rotatable bonds is 10. The van der Waals surface area contributed by atoms with Gasteiger partial charge in [-0.2, -0.15) is 4.98 Å². The molecule has 0 saturated heterocycles. The first kappa shape index (κ1) is 22.1. The fourth-order valence-electron chi connectivity index (χ4n) is 3.07. The Kier molecular flexibility index (Phi) is 7.48. The molecule has 1 N–H and O–H groups in total. The van der Waals surface area contributed by atoms with Crippen LogP contribution in [0.5, 0.6) is 5.75 Å². The number of benzene rings is 1. The fraction of sp³-hybridized carbons (Fsp3) is 0.348. The maximum absolute atomic E-state index is 12.5. The number of Topliss-reactive ketones (excluding diaryl/α,β-unsaturated/α-hetero) is 1. The minimum Gasteiger partial charge on any atom is -0.497 e. The first-order valence-corrected chi connectivity index (χ1v) is 10.2. The molecule has 0 spiro atoms. The predicted molar refractivity (Wildman–Crippen MR) is 114 cm³/mol. The summed E-state index contributed by atoms with van der Waals surface area (Å²) in [6, 6.07) is 10.1. The standard InChI is InChI=1S/C23H26N4O4/c1-15(2)21(23-26-22(27-31-23)17-11-13-24-14-12-17)25-20(29)6-4-5-19(28)16-7-9-18(30-3)10-8-16/h7-15,21H,4-6H2,1-3H3,(H,25,29). The number of hydrogen-bond donors (Lipinski definition) is 1. The van der Waals surface area contributed by atoms with Crippen LogP contribution >= 0.6 is 0 Å². The van der Waals surface area contributed by atoms with E-state index in [4.69, 9.17) is 9.26 Å². The molecule has 1 atom stereocenters. The summed E-state index contributed by atoms with van der Waals surface area (Å²) in [5, 5.41) is 6.96. The van der Waals surface area contributed by atoms with E-state index in [-0.39, 0.29) is 24.0 Å². The molecule has 0 radical (unpaired) electrons. The van der Waals surface area contributed by atoms with E-state index in [1.807, 2.05) is 13.8 Å². The van der Waals surface area contributed by atoms with Gasteiger partial charge in [-0.25, -0.2) is 0 Å². The zero-order valence-electron chi connectivity index (χ0n) is 17.9. The summed E-state index contributed by atoms with van der Waals surface area (Å²) in [5.74, 6) is 1.38. The molecule has 2 aromatic heterocycles. The number of nitrogens with one attached hydrogen (secondary N) is 1. The van der Waals surface area contributed by atoms with Crippen molar-refractivity contribution in [3.63, 3.8) is 0 Å². The molecule has 1 aromatic carbocycles. The van der Waals surface area contributed by atoms with E-state index in [9.17, 15) is 9.59 Å². The number of pyridine rings is 1. The van der Waals surface area contributed by atoms with Crippen molar-refractivity contribution < 1.29 is 18.8 Å². The first-order chi connectivity index (χ1) is 15.0. The first-order valence-electron chi connectivity index (χ1n) is 10.2. The highest BCUT2D eigenvalue weighted by molar-refractivity contribution is 5.96. The van der Waals surface area contributed by atoms with Gasteiger partial charge in [0.25, 0.3) is 0 Å². The largest absolute Gasteiger partial charge is 0.497 e. The lowest BCUT2D eigenvalue weighted by Crippen LogP contribution is -2.31. The molecular weight excluding hydrogens is 396 g/mol. The number of carbonyl (C=O) groups is 2. The van der Waals surface area contributed by atoms with Gasteiger partial charge in [0.15, 0.2) is 5.78 Å². The van der Waals surface area contributed by atoms with Crippen LogP contribution in [0.2, 0.25) is 0 Å². The van der Waals surface area contributed by atoms with Crippen molar-refractivity contribution in [3.05, 3.63) is 60.2 Å². The molecule has 0 aliphatic heterocycles. The Bertz CT molecular complexity index is 1000. The molecular formula is C23H26N4O4. The maximum Gasteiger partial charge on any atom is 0.249 e. The number of hydrogen-bond acceptors (Lipinski definition) is 7. The number of ketones is 1. The minimum absolute atomic E-state index is 0.00486. The van der Waals surface area contributed by atoms with E-state index in [0.29, 0.717) is 35.9 Å². The maximum atomic E-state index is 12.5. The Hall–Kier alpha value is -3.55. The lowest BCUT2D eigenvalue weighted by atomic mass is 10.0. The normalized spacial score (nSPS) is 11.9. The summed E-state index contributed by atoms with van der Waals surface area (Å²) in [7, 11) is 1.58. The van der Waals surface area contributed by atoms with Crippen LogP contribution in [0.25, 0.3) is 11.4 Å². The van der Waals surface area contributed by atoms with Gasteiger partial charge in [0, 0.05) is 36.4 Å². The van der Waals surface area contributed by atoms with Crippen molar-refractivity contribution in [2.45, 2.75) is 39.2 Å². The summed E-state index contributed by atoms with van der Waals surface area (Å²) in [6.45, 7) is 3.93. The third-order valence-corrected chi connectivity index (χ3v) is 4.85. The van der Waals surface area contributed by atoms with Crippen molar-refractivity contribution in [1.82, 2.24) is 20.4 Å². The van der Waals surface area contributed by atoms with E-state index in [0.717, 1.165) is 5.56 Å². The Labute approximate surface area is 181 Å². The second-order valence-corrected chi connectivity index (χ2v) is 7.49. The molecule has 162 valence electrons. The van der Waals surface area contributed by atoms with Gasteiger partial charge in [-0.15, -0.1) is 0 Å². The summed E-state index contributed by atoms with van der Waals surface area (Å²) in [5.41, 5.74) is 1.40. The van der Waals surface area contributed by atoms with Crippen molar-refractivity contribution in [1.29, 1.82) is 0 Å². The average Bonchev–Trinajstić information content (AvgIpc) is 3.27. The van der Waals surface area contributed by atoms with Gasteiger partial charge in [0.1, 0.15) is 11.8 Å². The molecule has 0 saturated carbocycles. The van der Waals surface area contributed by atoms with E-state index in [2.05, 4.69) is 20.4 Å². The van der Waals surface area contributed by atoms with Crippen LogP contribution in [0.15, 0.2) is 53.3 Å².